The van der Waals surface area contributed by atoms with Crippen LogP contribution in [0.1, 0.15) is 42.6 Å². The van der Waals surface area contributed by atoms with Crippen molar-refractivity contribution in [2.24, 2.45) is 5.41 Å². The Morgan fingerprint density at radius 2 is 1.79 bits per heavy atom. The number of pyridine rings is 1. The third-order valence-corrected chi connectivity index (χ3v) is 6.02. The normalized spacial score (nSPS) is 22.1. The summed E-state index contributed by atoms with van der Waals surface area (Å²) >= 11 is 0. The summed E-state index contributed by atoms with van der Waals surface area (Å²) in [5, 5.41) is 1.82. The highest BCUT2D eigenvalue weighted by Crippen LogP contribution is 2.52. The first-order valence-electron chi connectivity index (χ1n) is 10.5. The van der Waals surface area contributed by atoms with E-state index in [1.807, 2.05) is 5.32 Å². The molecule has 6 nitrogen and oxygen atoms in total. The number of nitrogens with one attached hydrogen (secondary N) is 1. The maximum absolute atomic E-state index is 14.7. The monoisotopic (exact) mass is 475 g/mol. The first-order valence-corrected chi connectivity index (χ1v) is 10.5. The van der Waals surface area contributed by atoms with Crippen LogP contribution in [0.3, 0.4) is 0 Å². The molecule has 1 aromatic heterocycles. The van der Waals surface area contributed by atoms with Gasteiger partial charge in [0.1, 0.15) is 5.82 Å². The van der Waals surface area contributed by atoms with Gasteiger partial charge < -0.3 is 10.2 Å². The van der Waals surface area contributed by atoms with E-state index in [4.69, 9.17) is 0 Å². The molecule has 1 aliphatic carbocycles. The van der Waals surface area contributed by atoms with E-state index in [2.05, 4.69) is 4.98 Å². The average molecular weight is 475 g/mol. The molecule has 34 heavy (non-hydrogen) atoms. The predicted molar refractivity (Wildman–Crippen MR) is 112 cm³/mol. The van der Waals surface area contributed by atoms with Crippen LogP contribution in [0.15, 0.2) is 60.1 Å². The minimum atomic E-state index is -5.32. The van der Waals surface area contributed by atoms with E-state index in [0.29, 0.717) is 5.56 Å². The zero-order valence-corrected chi connectivity index (χ0v) is 18.4. The smallest absolute Gasteiger partial charge is 0.326 e. The van der Waals surface area contributed by atoms with Gasteiger partial charge >= 0.3 is 6.18 Å². The number of rotatable bonds is 4. The van der Waals surface area contributed by atoms with Gasteiger partial charge in [0.15, 0.2) is 5.78 Å². The number of carbonyl (C=O) groups excluding carboxylic acids is 3. The Balaban J connectivity index is 1.86. The molecule has 0 unspecified atom stereocenters. The van der Waals surface area contributed by atoms with Gasteiger partial charge in [-0.3, -0.25) is 19.4 Å². The molecule has 2 aliphatic rings. The van der Waals surface area contributed by atoms with E-state index in [-0.39, 0.29) is 30.6 Å². The Hall–Kier alpha value is -3.56. The number of hydrogen-bond donors (Lipinski definition) is 1. The van der Waals surface area contributed by atoms with Crippen molar-refractivity contribution in [2.45, 2.75) is 44.9 Å². The zero-order valence-electron chi connectivity index (χ0n) is 18.4. The topological polar surface area (TPSA) is 79.4 Å². The molecule has 1 N–H and O–H groups in total. The lowest BCUT2D eigenvalue weighted by Gasteiger charge is -2.35. The first kappa shape index (κ1) is 23.6. The van der Waals surface area contributed by atoms with Gasteiger partial charge in [-0.05, 0) is 47.7 Å². The average Bonchev–Trinajstić information content (AvgIpc) is 2.97. The standard InChI is InChI=1S/C24H21F4N3O3/c1-22(2)10-17-19(18(32)11-22)23(24(26,27)28,30-20(33)15-5-7-16(25)8-6-15)21(34)31(17)13-14-4-3-9-29-12-14/h3-9,12H,10-11,13H2,1-2H3,(H,30,33)/t23-/m1/s1. The summed E-state index contributed by atoms with van der Waals surface area (Å²) in [6.07, 6.45) is -2.61. The number of halogens is 4. The molecule has 2 aromatic rings. The first-order chi connectivity index (χ1) is 15.9. The van der Waals surface area contributed by atoms with Crippen molar-refractivity contribution in [3.63, 3.8) is 0 Å². The Labute approximate surface area is 192 Å². The number of carbonyl (C=O) groups is 3. The molecule has 2 amide bonds. The van der Waals surface area contributed by atoms with Crippen molar-refractivity contribution in [3.05, 3.63) is 77.0 Å². The van der Waals surface area contributed by atoms with Crippen LogP contribution in [-0.2, 0) is 16.1 Å². The largest absolute Gasteiger partial charge is 0.425 e. The van der Waals surface area contributed by atoms with Crippen LogP contribution in [0.5, 0.6) is 0 Å². The van der Waals surface area contributed by atoms with Crippen molar-refractivity contribution in [1.29, 1.82) is 0 Å². The summed E-state index contributed by atoms with van der Waals surface area (Å²) in [5.41, 5.74) is -4.89. The second-order valence-electron chi connectivity index (χ2n) is 9.22. The highest BCUT2D eigenvalue weighted by Gasteiger charge is 2.71. The van der Waals surface area contributed by atoms with Gasteiger partial charge in [-0.15, -0.1) is 0 Å². The molecule has 0 radical (unpaired) electrons. The lowest BCUT2D eigenvalue weighted by molar-refractivity contribution is -0.190. The van der Waals surface area contributed by atoms with E-state index in [9.17, 15) is 31.9 Å². The van der Waals surface area contributed by atoms with E-state index in [0.717, 1.165) is 29.2 Å². The van der Waals surface area contributed by atoms with Gasteiger partial charge in [-0.25, -0.2) is 4.39 Å². The summed E-state index contributed by atoms with van der Waals surface area (Å²) in [6, 6.07) is 7.01. The number of allylic oxidation sites excluding steroid dienone is 1. The van der Waals surface area contributed by atoms with Crippen molar-refractivity contribution in [1.82, 2.24) is 15.2 Å². The van der Waals surface area contributed by atoms with Gasteiger partial charge in [-0.1, -0.05) is 19.9 Å². The summed E-state index contributed by atoms with van der Waals surface area (Å²) in [7, 11) is 0. The summed E-state index contributed by atoms with van der Waals surface area (Å²) in [4.78, 5) is 44.3. The number of aromatic nitrogens is 1. The number of Topliss-reactive ketones (excluding diaryl/α,β-unsaturated/α-hetero) is 1. The fraction of sp³-hybridized carbons (Fsp3) is 0.333. The van der Waals surface area contributed by atoms with E-state index in [1.54, 1.807) is 26.0 Å². The number of ketones is 1. The number of amides is 2. The minimum Gasteiger partial charge on any atom is -0.326 e. The van der Waals surface area contributed by atoms with Crippen molar-refractivity contribution < 1.29 is 31.9 Å². The van der Waals surface area contributed by atoms with Gasteiger partial charge in [0.05, 0.1) is 12.1 Å². The van der Waals surface area contributed by atoms with Crippen LogP contribution in [-0.4, -0.2) is 39.2 Å². The van der Waals surface area contributed by atoms with Crippen LogP contribution < -0.4 is 5.32 Å². The Morgan fingerprint density at radius 3 is 2.38 bits per heavy atom. The lowest BCUT2D eigenvalue weighted by Crippen LogP contribution is -2.66. The number of alkyl halides is 3. The number of nitrogens with zero attached hydrogens (tertiary/aromatic N) is 2. The number of hydrogen-bond acceptors (Lipinski definition) is 4. The second kappa shape index (κ2) is 8.03. The second-order valence-corrected chi connectivity index (χ2v) is 9.22. The van der Waals surface area contributed by atoms with E-state index in [1.165, 1.54) is 12.4 Å². The third kappa shape index (κ3) is 3.86. The van der Waals surface area contributed by atoms with Crippen LogP contribution >= 0.6 is 0 Å². The summed E-state index contributed by atoms with van der Waals surface area (Å²) in [5.74, 6) is -4.25. The predicted octanol–water partition coefficient (Wildman–Crippen LogP) is 3.94. The Bertz CT molecular complexity index is 1190. The Morgan fingerprint density at radius 1 is 1.12 bits per heavy atom. The van der Waals surface area contributed by atoms with Gasteiger partial charge in [0, 0.05) is 30.1 Å². The zero-order chi connectivity index (χ0) is 24.9. The molecule has 1 atom stereocenters. The molecule has 178 valence electrons. The molecule has 0 bridgehead atoms. The van der Waals surface area contributed by atoms with Crippen LogP contribution in [0.4, 0.5) is 17.6 Å². The summed E-state index contributed by atoms with van der Waals surface area (Å²) in [6.45, 7) is 3.21. The lowest BCUT2D eigenvalue weighted by atomic mass is 9.72. The molecular weight excluding hydrogens is 454 g/mol. The van der Waals surface area contributed by atoms with Gasteiger partial charge in [0.2, 0.25) is 5.54 Å². The minimum absolute atomic E-state index is 0.0321. The molecule has 2 heterocycles. The highest BCUT2D eigenvalue weighted by molar-refractivity contribution is 6.14. The molecule has 0 fully saturated rings. The quantitative estimate of drug-likeness (QED) is 0.680. The van der Waals surface area contributed by atoms with E-state index < -0.39 is 46.1 Å². The molecular formula is C24H21F4N3O3. The Kier molecular flexibility index (Phi) is 5.58. The SMILES string of the molecule is CC1(C)CC(=O)C2=C(C1)N(Cc1cccnc1)C(=O)[C@@]2(NC(=O)c1ccc(F)cc1)C(F)(F)F. The van der Waals surface area contributed by atoms with E-state index >= 15 is 0 Å². The van der Waals surface area contributed by atoms with Gasteiger partial charge in [0.25, 0.3) is 11.8 Å². The molecule has 0 spiro atoms. The van der Waals surface area contributed by atoms with Crippen molar-refractivity contribution in [2.75, 3.05) is 0 Å². The summed E-state index contributed by atoms with van der Waals surface area (Å²) < 4.78 is 57.5. The molecule has 1 aromatic carbocycles. The van der Waals surface area contributed by atoms with Crippen LogP contribution in [0, 0.1) is 11.2 Å². The maximum atomic E-state index is 14.7. The fourth-order valence-electron chi connectivity index (χ4n) is 4.51. The molecule has 0 saturated heterocycles. The van der Waals surface area contributed by atoms with Crippen LogP contribution in [0.2, 0.25) is 0 Å². The number of benzene rings is 1. The molecule has 10 heteroatoms. The van der Waals surface area contributed by atoms with Crippen molar-refractivity contribution >= 4 is 17.6 Å². The van der Waals surface area contributed by atoms with Crippen LogP contribution in [0.25, 0.3) is 0 Å². The fourth-order valence-corrected chi connectivity index (χ4v) is 4.51. The molecule has 1 aliphatic heterocycles. The maximum Gasteiger partial charge on any atom is 0.425 e. The molecule has 4 rings (SSSR count). The third-order valence-electron chi connectivity index (χ3n) is 6.02. The van der Waals surface area contributed by atoms with Crippen molar-refractivity contribution in [3.8, 4) is 0 Å². The highest BCUT2D eigenvalue weighted by atomic mass is 19.4. The molecule has 0 saturated carbocycles. The van der Waals surface area contributed by atoms with Gasteiger partial charge in [-0.2, -0.15) is 13.2 Å².